The van der Waals surface area contributed by atoms with Gasteiger partial charge in [0.1, 0.15) is 5.76 Å². The molecule has 0 rings (SSSR count). The van der Waals surface area contributed by atoms with Crippen LogP contribution >= 0.6 is 10.0 Å². The smallest absolute Gasteiger partial charge is 0.405 e. The molecule has 0 aromatic carbocycles. The predicted molar refractivity (Wildman–Crippen MR) is 59.9 cm³/mol. The third-order valence-corrected chi connectivity index (χ3v) is 3.19. The molecule has 0 aliphatic rings. The molecule has 5 heteroatoms. The van der Waals surface area contributed by atoms with E-state index >= 15 is 0 Å². The van der Waals surface area contributed by atoms with Gasteiger partial charge in [-0.1, -0.05) is 19.2 Å². The Balaban J connectivity index is 4.94. The van der Waals surface area contributed by atoms with Crippen LogP contribution in [0, 0.1) is 0 Å². The molecular formula is C10H15F3OS. The van der Waals surface area contributed by atoms with E-state index in [1.807, 2.05) is 18.8 Å². The van der Waals surface area contributed by atoms with Crippen LogP contribution in [0.4, 0.5) is 13.2 Å². The molecule has 0 spiro atoms. The molecular weight excluding hydrogens is 225 g/mol. The van der Waals surface area contributed by atoms with E-state index in [0.717, 1.165) is 0 Å². The molecule has 0 fully saturated rings. The van der Waals surface area contributed by atoms with Crippen LogP contribution in [0.2, 0.25) is 0 Å². The number of ether oxygens (including phenoxy) is 1. The van der Waals surface area contributed by atoms with Crippen LogP contribution < -0.4 is 0 Å². The van der Waals surface area contributed by atoms with Crippen molar-refractivity contribution < 1.29 is 17.9 Å². The first-order valence-corrected chi connectivity index (χ1v) is 6.90. The second kappa shape index (κ2) is 4.79. The van der Waals surface area contributed by atoms with Gasteiger partial charge in [0.25, 0.3) is 0 Å². The molecule has 0 aromatic heterocycles. The first-order valence-electron chi connectivity index (χ1n) is 4.04. The molecule has 15 heavy (non-hydrogen) atoms. The molecule has 0 unspecified atom stereocenters. The van der Waals surface area contributed by atoms with Crippen molar-refractivity contribution in [3.05, 3.63) is 36.0 Å². The van der Waals surface area contributed by atoms with E-state index in [9.17, 15) is 13.2 Å². The Hall–Kier alpha value is -0.840. The highest BCUT2D eigenvalue weighted by Crippen LogP contribution is 2.48. The van der Waals surface area contributed by atoms with Crippen molar-refractivity contribution in [1.82, 2.24) is 0 Å². The van der Waals surface area contributed by atoms with E-state index in [-0.39, 0.29) is 5.76 Å². The van der Waals surface area contributed by atoms with Gasteiger partial charge in [-0.3, -0.25) is 0 Å². The lowest BCUT2D eigenvalue weighted by Crippen LogP contribution is -2.15. The third-order valence-electron chi connectivity index (χ3n) is 1.51. The van der Waals surface area contributed by atoms with Gasteiger partial charge >= 0.3 is 6.36 Å². The van der Waals surface area contributed by atoms with Crippen molar-refractivity contribution in [2.75, 3.05) is 18.8 Å². The van der Waals surface area contributed by atoms with Gasteiger partial charge in [0, 0.05) is 4.91 Å². The van der Waals surface area contributed by atoms with Crippen molar-refractivity contribution in [3.63, 3.8) is 0 Å². The predicted octanol–water partition coefficient (Wildman–Crippen LogP) is 3.80. The van der Waals surface area contributed by atoms with Crippen LogP contribution in [0.15, 0.2) is 36.0 Å². The highest BCUT2D eigenvalue weighted by molar-refractivity contribution is 8.35. The number of alkyl halides is 3. The normalized spacial score (nSPS) is 14.7. The maximum Gasteiger partial charge on any atom is 0.573 e. The topological polar surface area (TPSA) is 9.23 Å². The van der Waals surface area contributed by atoms with E-state index in [0.29, 0.717) is 4.91 Å². The van der Waals surface area contributed by atoms with Crippen molar-refractivity contribution >= 4 is 10.0 Å². The Kier molecular flexibility index (Phi) is 4.52. The maximum absolute atomic E-state index is 12.0. The van der Waals surface area contributed by atoms with Crippen LogP contribution in [-0.4, -0.2) is 25.1 Å². The Bertz CT molecular complexity index is 284. The fraction of sp³-hybridized carbons (Fsp3) is 0.400. The van der Waals surface area contributed by atoms with Crippen LogP contribution in [0.5, 0.6) is 0 Å². The minimum Gasteiger partial charge on any atom is -0.405 e. The molecule has 0 heterocycles. The second-order valence-electron chi connectivity index (χ2n) is 3.57. The van der Waals surface area contributed by atoms with E-state index in [4.69, 9.17) is 0 Å². The quantitative estimate of drug-likeness (QED) is 0.536. The Morgan fingerprint density at radius 2 is 1.73 bits per heavy atom. The van der Waals surface area contributed by atoms with Crippen molar-refractivity contribution in [1.29, 1.82) is 0 Å². The monoisotopic (exact) mass is 240 g/mol. The van der Waals surface area contributed by atoms with Crippen LogP contribution in [0.25, 0.3) is 0 Å². The number of hydrogen-bond donors (Lipinski definition) is 0. The first-order chi connectivity index (χ1) is 6.58. The zero-order chi connectivity index (χ0) is 12.3. The molecule has 0 amide bonds. The number of rotatable bonds is 4. The minimum absolute atomic E-state index is 0.264. The van der Waals surface area contributed by atoms with E-state index in [1.165, 1.54) is 12.2 Å². The molecule has 0 atom stereocenters. The molecule has 0 aromatic rings. The van der Waals surface area contributed by atoms with Gasteiger partial charge in [-0.05, 0) is 24.8 Å². The molecule has 1 nitrogen and oxygen atoms in total. The molecule has 88 valence electrons. The van der Waals surface area contributed by atoms with Gasteiger partial charge in [0.15, 0.2) is 0 Å². The Morgan fingerprint density at radius 3 is 2.00 bits per heavy atom. The summed E-state index contributed by atoms with van der Waals surface area (Å²) in [7, 11) is -1.33. The van der Waals surface area contributed by atoms with Crippen LogP contribution in [0.1, 0.15) is 0 Å². The van der Waals surface area contributed by atoms with Crippen molar-refractivity contribution in [3.8, 4) is 0 Å². The maximum atomic E-state index is 12.0. The lowest BCUT2D eigenvalue weighted by molar-refractivity contribution is -0.303. The highest BCUT2D eigenvalue weighted by atomic mass is 32.3. The summed E-state index contributed by atoms with van der Waals surface area (Å²) in [6.07, 6.45) is 3.25. The van der Waals surface area contributed by atoms with Crippen molar-refractivity contribution in [2.45, 2.75) is 6.36 Å². The van der Waals surface area contributed by atoms with Crippen LogP contribution in [-0.2, 0) is 4.74 Å². The average molecular weight is 240 g/mol. The fourth-order valence-electron chi connectivity index (χ4n) is 0.717. The van der Waals surface area contributed by atoms with E-state index in [2.05, 4.69) is 17.9 Å². The summed E-state index contributed by atoms with van der Waals surface area (Å²) in [4.78, 5) is 0.361. The Morgan fingerprint density at radius 1 is 1.27 bits per heavy atom. The standard InChI is InChI=1S/C10H15F3OS/c1-6-7-9(14-10(11,12)13)8(2)15(3,4)5/h6-7H,1-2H2,3-5H3. The summed E-state index contributed by atoms with van der Waals surface area (Å²) in [5.41, 5.74) is 0. The van der Waals surface area contributed by atoms with E-state index in [1.54, 1.807) is 0 Å². The zero-order valence-corrected chi connectivity index (χ0v) is 9.84. The highest BCUT2D eigenvalue weighted by Gasteiger charge is 2.33. The lowest BCUT2D eigenvalue weighted by atomic mass is 10.4. The summed E-state index contributed by atoms with van der Waals surface area (Å²) in [5.74, 6) is -0.264. The van der Waals surface area contributed by atoms with Gasteiger partial charge in [-0.15, -0.1) is 13.2 Å². The average Bonchev–Trinajstić information content (AvgIpc) is 1.98. The molecule has 0 radical (unpaired) electrons. The summed E-state index contributed by atoms with van der Waals surface area (Å²) in [5, 5.41) is 0. The fourth-order valence-corrected chi connectivity index (χ4v) is 1.43. The summed E-state index contributed by atoms with van der Waals surface area (Å²) in [6.45, 7) is 6.96. The Labute approximate surface area is 89.6 Å². The summed E-state index contributed by atoms with van der Waals surface area (Å²) >= 11 is 0. The number of allylic oxidation sites excluding steroid dienone is 2. The van der Waals surface area contributed by atoms with Gasteiger partial charge < -0.3 is 4.74 Å². The van der Waals surface area contributed by atoms with Gasteiger partial charge in [0.05, 0.1) is 0 Å². The molecule has 0 N–H and O–H groups in total. The SMILES string of the molecule is C=CC=C(OC(F)(F)F)C(=C)S(C)(C)C. The van der Waals surface area contributed by atoms with Gasteiger partial charge in [0.2, 0.25) is 0 Å². The first kappa shape index (κ1) is 14.2. The molecule has 0 aliphatic heterocycles. The summed E-state index contributed by atoms with van der Waals surface area (Å²) in [6, 6.07) is 0. The largest absolute Gasteiger partial charge is 0.573 e. The molecule has 0 saturated heterocycles. The molecule has 0 saturated carbocycles. The summed E-state index contributed by atoms with van der Waals surface area (Å²) < 4.78 is 40.0. The van der Waals surface area contributed by atoms with Crippen LogP contribution in [0.3, 0.4) is 0 Å². The lowest BCUT2D eigenvalue weighted by Gasteiger charge is -2.29. The second-order valence-corrected chi connectivity index (χ2v) is 7.74. The van der Waals surface area contributed by atoms with E-state index < -0.39 is 16.4 Å². The minimum atomic E-state index is -4.69. The van der Waals surface area contributed by atoms with Gasteiger partial charge in [-0.25, -0.2) is 10.0 Å². The van der Waals surface area contributed by atoms with Gasteiger partial charge in [-0.2, -0.15) is 0 Å². The number of halogens is 3. The molecule has 0 bridgehead atoms. The number of hydrogen-bond acceptors (Lipinski definition) is 1. The zero-order valence-electron chi connectivity index (χ0n) is 9.02. The van der Waals surface area contributed by atoms with Crippen molar-refractivity contribution in [2.24, 2.45) is 0 Å². The third kappa shape index (κ3) is 5.57. The molecule has 0 aliphatic carbocycles.